The number of aliphatic carboxylic acids is 1. The van der Waals surface area contributed by atoms with Gasteiger partial charge in [0.2, 0.25) is 0 Å². The van der Waals surface area contributed by atoms with Gasteiger partial charge in [0.25, 0.3) is 0 Å². The molecular formula is C20H29NaO2. The molecule has 0 spiro atoms. The number of hydrogen-bond donors (Lipinski definition) is 1. The van der Waals surface area contributed by atoms with E-state index in [1.54, 1.807) is 13.0 Å². The third kappa shape index (κ3) is 8.01. The average Bonchev–Trinajstić information content (AvgIpc) is 2.36. The number of rotatable bonds is 5. The molecule has 0 atom stereocenters. The summed E-state index contributed by atoms with van der Waals surface area (Å²) in [5, 5.41) is 8.65. The third-order valence-corrected chi connectivity index (χ3v) is 4.12. The van der Waals surface area contributed by atoms with E-state index in [0.29, 0.717) is 0 Å². The molecule has 0 radical (unpaired) electrons. The van der Waals surface area contributed by atoms with Gasteiger partial charge < -0.3 is 5.11 Å². The molecule has 3 heteroatoms. The first kappa shape index (κ1) is 22.2. The van der Waals surface area contributed by atoms with Crippen LogP contribution in [0, 0.1) is 5.41 Å². The van der Waals surface area contributed by atoms with E-state index in [1.807, 2.05) is 12.2 Å². The molecule has 0 heterocycles. The van der Waals surface area contributed by atoms with Gasteiger partial charge in [-0.2, -0.15) is 0 Å². The maximum atomic E-state index is 10.5. The van der Waals surface area contributed by atoms with Crippen molar-refractivity contribution in [2.24, 2.45) is 5.41 Å². The number of carbonyl (C=O) groups is 1. The maximum absolute atomic E-state index is 10.5. The molecule has 0 saturated carbocycles. The molecule has 2 nitrogen and oxygen atoms in total. The third-order valence-electron chi connectivity index (χ3n) is 4.12. The molecule has 122 valence electrons. The van der Waals surface area contributed by atoms with Crippen molar-refractivity contribution >= 4 is 35.5 Å². The number of carboxylic acids is 1. The monoisotopic (exact) mass is 324 g/mol. The van der Waals surface area contributed by atoms with Crippen LogP contribution in [0.1, 0.15) is 53.9 Å². The molecule has 0 bridgehead atoms. The molecule has 0 aromatic heterocycles. The Morgan fingerprint density at radius 2 is 1.83 bits per heavy atom. The second-order valence-electron chi connectivity index (χ2n) is 6.76. The van der Waals surface area contributed by atoms with E-state index in [4.69, 9.17) is 5.11 Å². The van der Waals surface area contributed by atoms with Gasteiger partial charge in [-0.3, -0.25) is 0 Å². The summed E-state index contributed by atoms with van der Waals surface area (Å²) in [7, 11) is 0. The molecule has 0 aromatic rings. The van der Waals surface area contributed by atoms with Crippen molar-refractivity contribution in [1.82, 2.24) is 0 Å². The predicted octanol–water partition coefficient (Wildman–Crippen LogP) is 4.95. The molecular weight excluding hydrogens is 295 g/mol. The fourth-order valence-corrected chi connectivity index (χ4v) is 2.88. The molecule has 1 aliphatic rings. The Balaban J connectivity index is 0.00000484. The Morgan fingerprint density at radius 1 is 1.17 bits per heavy atom. The summed E-state index contributed by atoms with van der Waals surface area (Å²) < 4.78 is 0. The minimum absolute atomic E-state index is 0. The van der Waals surface area contributed by atoms with Crippen molar-refractivity contribution in [1.29, 1.82) is 0 Å². The van der Waals surface area contributed by atoms with Gasteiger partial charge in [-0.15, -0.1) is 0 Å². The fourth-order valence-electron chi connectivity index (χ4n) is 2.88. The normalized spacial score (nSPS) is 19.3. The summed E-state index contributed by atoms with van der Waals surface area (Å²) in [6, 6.07) is 0. The first-order valence-electron chi connectivity index (χ1n) is 7.87. The molecule has 23 heavy (non-hydrogen) atoms. The first-order chi connectivity index (χ1) is 10.2. The van der Waals surface area contributed by atoms with Crippen molar-refractivity contribution in [3.63, 3.8) is 0 Å². The molecule has 0 saturated heterocycles. The summed E-state index contributed by atoms with van der Waals surface area (Å²) in [6.07, 6.45) is 15.0. The van der Waals surface area contributed by atoms with E-state index in [-0.39, 0.29) is 35.0 Å². The van der Waals surface area contributed by atoms with Gasteiger partial charge in [0.1, 0.15) is 0 Å². The Kier molecular flexibility index (Phi) is 9.76. The van der Waals surface area contributed by atoms with Crippen molar-refractivity contribution in [2.45, 2.75) is 53.9 Å². The SMILES string of the molecule is CC1=C(/C=C/C(C)=C\C=C\C(C)=C\C(=O)O)C(C)(C)CCC1.[NaH]. The van der Waals surface area contributed by atoms with Crippen LogP contribution < -0.4 is 0 Å². The average molecular weight is 324 g/mol. The molecule has 0 aromatic carbocycles. The zero-order chi connectivity index (χ0) is 16.8. The van der Waals surface area contributed by atoms with Crippen LogP contribution in [0.2, 0.25) is 0 Å². The zero-order valence-electron chi connectivity index (χ0n) is 14.4. The van der Waals surface area contributed by atoms with Crippen LogP contribution in [0.5, 0.6) is 0 Å². The van der Waals surface area contributed by atoms with Crippen LogP contribution in [-0.4, -0.2) is 40.6 Å². The topological polar surface area (TPSA) is 37.3 Å². The second-order valence-corrected chi connectivity index (χ2v) is 6.76. The van der Waals surface area contributed by atoms with Gasteiger partial charge in [0.05, 0.1) is 0 Å². The van der Waals surface area contributed by atoms with Gasteiger partial charge in [-0.05, 0) is 56.6 Å². The molecule has 0 aliphatic heterocycles. The Morgan fingerprint density at radius 3 is 2.39 bits per heavy atom. The molecule has 0 unspecified atom stereocenters. The molecule has 1 rings (SSSR count). The van der Waals surface area contributed by atoms with Crippen molar-refractivity contribution < 1.29 is 9.90 Å². The van der Waals surface area contributed by atoms with Crippen LogP contribution in [-0.2, 0) is 4.79 Å². The Bertz CT molecular complexity index is 572. The van der Waals surface area contributed by atoms with E-state index >= 15 is 0 Å². The van der Waals surface area contributed by atoms with E-state index in [9.17, 15) is 4.79 Å². The van der Waals surface area contributed by atoms with Crippen LogP contribution in [0.15, 0.2) is 58.7 Å². The van der Waals surface area contributed by atoms with Gasteiger partial charge in [-0.25, -0.2) is 4.79 Å². The fraction of sp³-hybridized carbons (Fsp3) is 0.450. The van der Waals surface area contributed by atoms with Crippen molar-refractivity contribution in [3.8, 4) is 0 Å². The number of allylic oxidation sites excluding steroid dienone is 9. The van der Waals surface area contributed by atoms with Gasteiger partial charge in [0, 0.05) is 6.08 Å². The summed E-state index contributed by atoms with van der Waals surface area (Å²) in [5.41, 5.74) is 5.09. The summed E-state index contributed by atoms with van der Waals surface area (Å²) in [6.45, 7) is 10.7. The van der Waals surface area contributed by atoms with Crippen LogP contribution >= 0.6 is 0 Å². The summed E-state index contributed by atoms with van der Waals surface area (Å²) in [5.74, 6) is -0.912. The van der Waals surface area contributed by atoms with E-state index in [0.717, 1.165) is 11.1 Å². The molecule has 0 amide bonds. The van der Waals surface area contributed by atoms with Crippen LogP contribution in [0.3, 0.4) is 0 Å². The Hall–Kier alpha value is -0.830. The molecule has 1 N–H and O–H groups in total. The van der Waals surface area contributed by atoms with E-state index in [2.05, 4.69) is 39.8 Å². The van der Waals surface area contributed by atoms with Gasteiger partial charge in [-0.1, -0.05) is 55.4 Å². The first-order valence-corrected chi connectivity index (χ1v) is 7.87. The predicted molar refractivity (Wildman–Crippen MR) is 101 cm³/mol. The van der Waals surface area contributed by atoms with Crippen LogP contribution in [0.4, 0.5) is 0 Å². The Labute approximate surface area is 163 Å². The van der Waals surface area contributed by atoms with Gasteiger partial charge in [0.15, 0.2) is 0 Å². The summed E-state index contributed by atoms with van der Waals surface area (Å²) in [4.78, 5) is 10.5. The van der Waals surface area contributed by atoms with Crippen molar-refractivity contribution in [2.75, 3.05) is 0 Å². The zero-order valence-corrected chi connectivity index (χ0v) is 14.4. The quantitative estimate of drug-likeness (QED) is 0.441. The van der Waals surface area contributed by atoms with E-state index in [1.165, 1.54) is 36.5 Å². The number of carboxylic acid groups (broad SMARTS) is 1. The molecule has 0 fully saturated rings. The standard InChI is InChI=1S/C20H28O2.Na.H/c1-15(8-6-9-16(2)14-19(21)22)11-12-18-17(3)10-7-13-20(18,4)5;;/h6,8-9,11-12,14H,7,10,13H2,1-5H3,(H,21,22);;/b9-6+,12-11+,15-8-,16-14+;;. The second kappa shape index (κ2) is 10.1. The molecule has 1 aliphatic carbocycles. The summed E-state index contributed by atoms with van der Waals surface area (Å²) >= 11 is 0. The number of hydrogen-bond acceptors (Lipinski definition) is 1. The van der Waals surface area contributed by atoms with Crippen LogP contribution in [0.25, 0.3) is 0 Å². The van der Waals surface area contributed by atoms with Crippen molar-refractivity contribution in [3.05, 3.63) is 58.7 Å². The van der Waals surface area contributed by atoms with Gasteiger partial charge >= 0.3 is 35.5 Å². The minimum atomic E-state index is -0.912. The van der Waals surface area contributed by atoms with E-state index < -0.39 is 5.97 Å².